The Hall–Kier alpha value is -10.3. The van der Waals surface area contributed by atoms with E-state index in [0.717, 1.165) is 127 Å². The molecule has 20 heteroatoms. The lowest BCUT2D eigenvalue weighted by Crippen LogP contribution is -2.32. The van der Waals surface area contributed by atoms with Crippen LogP contribution in [-0.4, -0.2) is 63.4 Å². The van der Waals surface area contributed by atoms with Gasteiger partial charge in [-0.1, -0.05) is 287 Å². The summed E-state index contributed by atoms with van der Waals surface area (Å²) in [4.78, 5) is 46.1. The van der Waals surface area contributed by atoms with Gasteiger partial charge in [-0.05, 0) is 56.9 Å². The highest BCUT2D eigenvalue weighted by atomic mass is 31.2. The maximum absolute atomic E-state index is 15.9. The third-order valence-corrected chi connectivity index (χ3v) is 33.2. The number of rotatable bonds is 34. The predicted molar refractivity (Wildman–Crippen MR) is 468 cm³/mol. The average Bonchev–Trinajstić information content (AvgIpc) is 0.718. The SMILES string of the molecule is CCCCCC1c2cc3c4c(C)c2OCOc2c1cc1c(c2CNC(=O)CP(=O)(c2ccccc2)c2ccccc2)OCOc2c(cc5c(c2CNC(=O)CP(=O)(c2ccccc2)c2ccccc2)OCOc2c(cc(c(c2CNC(=O)CP(=O)(c2ccccc2)c2ccccc2)OCO4)C3CCCCC)C5CCCCC)C1CCCCC. The Bertz CT molecular complexity index is 4990. The number of carbonyl (C=O) groups excluding carboxylic acids is 3. The zero-order valence-electron chi connectivity index (χ0n) is 68.4. The molecule has 17 nitrogen and oxygen atoms in total. The van der Waals surface area contributed by atoms with E-state index in [4.69, 9.17) is 37.9 Å². The minimum atomic E-state index is -3.62. The Balaban J connectivity index is 0.993. The fourth-order valence-electron chi connectivity index (χ4n) is 18.3. The molecule has 0 aromatic heterocycles. The van der Waals surface area contributed by atoms with Crippen molar-refractivity contribution >= 4 is 71.0 Å². The second-order valence-corrected chi connectivity index (χ2v) is 40.3. The Labute approximate surface area is 694 Å². The summed E-state index contributed by atoms with van der Waals surface area (Å²) in [6, 6.07) is 64.6. The number of hydrogen-bond acceptors (Lipinski definition) is 14. The first kappa shape index (κ1) is 82.8. The summed E-state index contributed by atoms with van der Waals surface area (Å²) in [5, 5.41) is 13.4. The number of hydrogen-bond donors (Lipinski definition) is 3. The van der Waals surface area contributed by atoms with Crippen molar-refractivity contribution in [3.8, 4) is 46.0 Å². The highest BCUT2D eigenvalue weighted by molar-refractivity contribution is 7.80. The second kappa shape index (κ2) is 37.8. The quantitative estimate of drug-likeness (QED) is 0.0253. The fraction of sp³-hybridized carbons (Fsp3) is 0.357. The molecular formula is C98H108N3O14P3. The van der Waals surface area contributed by atoms with Gasteiger partial charge in [-0.2, -0.15) is 0 Å². The van der Waals surface area contributed by atoms with Gasteiger partial charge in [0.15, 0.2) is 21.4 Å². The van der Waals surface area contributed by atoms with Crippen molar-refractivity contribution in [3.05, 3.63) is 273 Å². The van der Waals surface area contributed by atoms with Gasteiger partial charge < -0.3 is 67.5 Å². The molecule has 4 heterocycles. The zero-order valence-corrected chi connectivity index (χ0v) is 71.1. The molecule has 0 spiro atoms. The molecule has 4 aliphatic heterocycles. The number of unbranched alkanes of at least 4 members (excludes halogenated alkanes) is 8. The van der Waals surface area contributed by atoms with E-state index in [1.807, 2.05) is 182 Å². The first-order chi connectivity index (χ1) is 57.7. The largest absolute Gasteiger partial charge is 0.457 e. The van der Waals surface area contributed by atoms with E-state index in [0.29, 0.717) is 120 Å². The topological polar surface area (TPSA) is 212 Å². The summed E-state index contributed by atoms with van der Waals surface area (Å²) in [5.41, 5.74) is 9.45. The first-order valence-corrected chi connectivity index (χ1v) is 48.0. The molecule has 4 atom stereocenters. The number of benzene rings is 10. The van der Waals surface area contributed by atoms with Crippen molar-refractivity contribution in [1.29, 1.82) is 0 Å². The maximum Gasteiger partial charge on any atom is 0.230 e. The van der Waals surface area contributed by atoms with E-state index in [-0.39, 0.29) is 65.3 Å². The molecule has 1 aliphatic carbocycles. The Morgan fingerprint density at radius 2 is 0.475 bits per heavy atom. The van der Waals surface area contributed by atoms with Gasteiger partial charge in [0.05, 0.1) is 54.8 Å². The van der Waals surface area contributed by atoms with E-state index in [1.54, 1.807) is 0 Å². The van der Waals surface area contributed by atoms with Crippen molar-refractivity contribution in [1.82, 2.24) is 16.0 Å². The number of carbonyl (C=O) groups is 3. The lowest BCUT2D eigenvalue weighted by Gasteiger charge is -2.37. The molecule has 3 amide bonds. The molecule has 0 saturated carbocycles. The zero-order chi connectivity index (χ0) is 81.8. The van der Waals surface area contributed by atoms with Crippen molar-refractivity contribution in [2.45, 2.75) is 181 Å². The third-order valence-electron chi connectivity index (χ3n) is 24.2. The molecule has 3 N–H and O–H groups in total. The van der Waals surface area contributed by atoms with Crippen molar-refractivity contribution in [2.24, 2.45) is 0 Å². The van der Waals surface area contributed by atoms with Gasteiger partial charge in [0.2, 0.25) is 44.9 Å². The molecule has 0 saturated heterocycles. The van der Waals surface area contributed by atoms with Crippen LogP contribution < -0.4 is 85.7 Å². The Morgan fingerprint density at radius 1 is 0.288 bits per heavy atom. The smallest absolute Gasteiger partial charge is 0.230 e. The van der Waals surface area contributed by atoms with E-state index in [2.05, 4.69) is 74.8 Å². The Morgan fingerprint density at radius 3 is 0.669 bits per heavy atom. The molecular weight excluding hydrogens is 1540 g/mol. The maximum atomic E-state index is 15.9. The van der Waals surface area contributed by atoms with E-state index < -0.39 is 62.8 Å². The lowest BCUT2D eigenvalue weighted by atomic mass is 9.74. The van der Waals surface area contributed by atoms with Crippen LogP contribution in [0.25, 0.3) is 0 Å². The average molecular weight is 1640 g/mol. The predicted octanol–water partition coefficient (Wildman–Crippen LogP) is 19.0. The monoisotopic (exact) mass is 1640 g/mol. The van der Waals surface area contributed by atoms with E-state index >= 15 is 28.1 Å². The van der Waals surface area contributed by atoms with E-state index in [1.165, 1.54) is 0 Å². The standard InChI is InChI=1S/C98H108N3O14P3/c1-6-10-20-48-73-77-52-78-74(49-21-11-7-2)80-54-82-76(51-23-13-9-4)84-55-83-75(50-22-12-8-3)81-53-79(73)93-85(56-99-88(102)59-116(105,67-36-24-14-25-37-67)68-38-26-15-27-39-68)95(81)112-64-114-97(83)87(58-101-90(104)61-118(107,71-44-32-18-33-45-71)72-46-34-19-35-47-72)98(84)115-65-113-96(82)86(94(80)111-63-109-92(78)66(5)91(77)108-62-110-93)57-100-89(103)60-117(106,69-40-28-16-29-41-69)70-42-30-17-31-43-70/h14-19,24-47,52-55,73-76H,6-13,20-23,48-51,56-65H2,1-5H3,(H,99,102)(H,100,103)(H,101,104). The summed E-state index contributed by atoms with van der Waals surface area (Å²) >= 11 is 0. The van der Waals surface area contributed by atoms with Crippen LogP contribution in [0, 0.1) is 6.92 Å². The van der Waals surface area contributed by atoms with Gasteiger partial charge in [-0.25, -0.2) is 0 Å². The van der Waals surface area contributed by atoms with Gasteiger partial charge in [-0.15, -0.1) is 0 Å². The van der Waals surface area contributed by atoms with Crippen LogP contribution in [0.1, 0.15) is 221 Å². The Kier molecular flexibility index (Phi) is 26.5. The molecule has 10 aromatic carbocycles. The summed E-state index contributed by atoms with van der Waals surface area (Å²) in [6.45, 7) is 9.36. The molecule has 15 rings (SSSR count). The van der Waals surface area contributed by atoms with Crippen molar-refractivity contribution < 1.29 is 66.0 Å². The van der Waals surface area contributed by atoms with Crippen LogP contribution in [0.2, 0.25) is 0 Å². The van der Waals surface area contributed by atoms with Gasteiger partial charge in [0, 0.05) is 106 Å². The molecule has 118 heavy (non-hydrogen) atoms. The molecule has 0 radical (unpaired) electrons. The fourth-order valence-corrected chi connectivity index (χ4v) is 25.7. The first-order valence-electron chi connectivity index (χ1n) is 42.4. The minimum Gasteiger partial charge on any atom is -0.457 e. The van der Waals surface area contributed by atoms with Gasteiger partial charge >= 0.3 is 0 Å². The van der Waals surface area contributed by atoms with Crippen molar-refractivity contribution in [2.75, 3.05) is 45.7 Å². The van der Waals surface area contributed by atoms with Crippen LogP contribution in [-0.2, 0) is 47.7 Å². The third kappa shape index (κ3) is 17.2. The van der Waals surface area contributed by atoms with Crippen LogP contribution in [0.5, 0.6) is 46.0 Å². The highest BCUT2D eigenvalue weighted by Crippen LogP contribution is 2.59. The molecule has 10 aromatic rings. The summed E-state index contributed by atoms with van der Waals surface area (Å²) < 4.78 is 105. The summed E-state index contributed by atoms with van der Waals surface area (Å²) in [7, 11) is -10.8. The summed E-state index contributed by atoms with van der Waals surface area (Å²) in [5.74, 6) is 0.924. The summed E-state index contributed by atoms with van der Waals surface area (Å²) in [6.07, 6.45) is 12.0. The van der Waals surface area contributed by atoms with Crippen LogP contribution in [0.4, 0.5) is 0 Å². The molecule has 0 fully saturated rings. The van der Waals surface area contributed by atoms with Crippen LogP contribution in [0.3, 0.4) is 0 Å². The normalized spacial score (nSPS) is 16.2. The minimum absolute atomic E-state index is 0.0967. The number of ether oxygens (including phenoxy) is 8. The van der Waals surface area contributed by atoms with Gasteiger partial charge in [-0.3, -0.25) is 14.4 Å². The van der Waals surface area contributed by atoms with Gasteiger partial charge in [0.1, 0.15) is 46.0 Å². The van der Waals surface area contributed by atoms with Gasteiger partial charge in [0.25, 0.3) is 0 Å². The van der Waals surface area contributed by atoms with Crippen molar-refractivity contribution in [3.63, 3.8) is 0 Å². The molecule has 5 aliphatic rings. The molecule has 8 bridgehead atoms. The lowest BCUT2D eigenvalue weighted by molar-refractivity contribution is -0.119. The molecule has 4 unspecified atom stereocenters. The van der Waals surface area contributed by atoms with Crippen LogP contribution in [0.15, 0.2) is 206 Å². The highest BCUT2D eigenvalue weighted by Gasteiger charge is 2.43. The number of amides is 3. The van der Waals surface area contributed by atoms with E-state index in [9.17, 15) is 0 Å². The molecule has 614 valence electrons. The van der Waals surface area contributed by atoms with Crippen LogP contribution >= 0.6 is 21.4 Å². The number of nitrogens with one attached hydrogen (secondary N) is 3. The second-order valence-electron chi connectivity index (χ2n) is 31.8.